The van der Waals surface area contributed by atoms with Gasteiger partial charge in [0, 0.05) is 6.54 Å². The summed E-state index contributed by atoms with van der Waals surface area (Å²) in [4.78, 5) is 0.341. The zero-order valence-corrected chi connectivity index (χ0v) is 13.5. The Balaban J connectivity index is 2.57. The van der Waals surface area contributed by atoms with Crippen LogP contribution in [0.4, 0.5) is 0 Å². The van der Waals surface area contributed by atoms with Crippen molar-refractivity contribution in [2.75, 3.05) is 19.6 Å². The number of benzene rings is 1. The van der Waals surface area contributed by atoms with Crippen LogP contribution < -0.4 is 10.0 Å². The van der Waals surface area contributed by atoms with Crippen molar-refractivity contribution in [1.29, 1.82) is 0 Å². The first-order valence-electron chi connectivity index (χ1n) is 7.25. The average Bonchev–Trinajstić information content (AvgIpc) is 2.39. The van der Waals surface area contributed by atoms with E-state index in [2.05, 4.69) is 30.8 Å². The molecule has 0 aliphatic rings. The fraction of sp³-hybridized carbons (Fsp3) is 0.600. The molecular weight excluding hydrogens is 272 g/mol. The highest BCUT2D eigenvalue weighted by atomic mass is 32.2. The van der Waals surface area contributed by atoms with Crippen LogP contribution >= 0.6 is 0 Å². The van der Waals surface area contributed by atoms with E-state index >= 15 is 0 Å². The van der Waals surface area contributed by atoms with Gasteiger partial charge >= 0.3 is 0 Å². The van der Waals surface area contributed by atoms with Gasteiger partial charge in [0.1, 0.15) is 0 Å². The lowest BCUT2D eigenvalue weighted by molar-refractivity contribution is 0.551. The Bertz CT molecular complexity index is 481. The zero-order chi connectivity index (χ0) is 15.0. The summed E-state index contributed by atoms with van der Waals surface area (Å²) < 4.78 is 26.8. The molecule has 0 unspecified atom stereocenters. The van der Waals surface area contributed by atoms with Crippen LogP contribution in [0.25, 0.3) is 0 Å². The molecule has 1 aromatic carbocycles. The summed E-state index contributed by atoms with van der Waals surface area (Å²) >= 11 is 0. The third-order valence-electron chi connectivity index (χ3n) is 3.09. The van der Waals surface area contributed by atoms with Crippen molar-refractivity contribution < 1.29 is 8.42 Å². The number of rotatable bonds is 9. The second-order valence-electron chi connectivity index (χ2n) is 5.33. The van der Waals surface area contributed by atoms with Gasteiger partial charge in [0.05, 0.1) is 4.90 Å². The van der Waals surface area contributed by atoms with Gasteiger partial charge in [-0.05, 0) is 49.5 Å². The van der Waals surface area contributed by atoms with Crippen molar-refractivity contribution in [2.24, 2.45) is 5.92 Å². The summed E-state index contributed by atoms with van der Waals surface area (Å²) in [6.07, 6.45) is 1.76. The highest BCUT2D eigenvalue weighted by molar-refractivity contribution is 7.89. The molecule has 0 heterocycles. The lowest BCUT2D eigenvalue weighted by Gasteiger charge is -2.09. The first-order chi connectivity index (χ1) is 9.45. The highest BCUT2D eigenvalue weighted by Gasteiger charge is 2.13. The van der Waals surface area contributed by atoms with Gasteiger partial charge in [0.15, 0.2) is 0 Å². The van der Waals surface area contributed by atoms with E-state index in [-0.39, 0.29) is 0 Å². The largest absolute Gasteiger partial charge is 0.317 e. The molecule has 0 fully saturated rings. The lowest BCUT2D eigenvalue weighted by Crippen LogP contribution is -2.25. The highest BCUT2D eigenvalue weighted by Crippen LogP contribution is 2.11. The molecule has 0 bridgehead atoms. The Hall–Kier alpha value is -0.910. The Kier molecular flexibility index (Phi) is 7.19. The maximum absolute atomic E-state index is 12.1. The third kappa shape index (κ3) is 6.03. The summed E-state index contributed by atoms with van der Waals surface area (Å²) in [5.41, 5.74) is 1.15. The molecule has 0 saturated heterocycles. The molecule has 0 aromatic heterocycles. The molecule has 0 aliphatic heterocycles. The van der Waals surface area contributed by atoms with E-state index in [1.165, 1.54) is 0 Å². The van der Waals surface area contributed by atoms with Crippen LogP contribution in [-0.2, 0) is 16.4 Å². The minimum atomic E-state index is -3.36. The molecule has 114 valence electrons. The van der Waals surface area contributed by atoms with Crippen molar-refractivity contribution in [2.45, 2.75) is 38.5 Å². The quantitative estimate of drug-likeness (QED) is 0.687. The van der Waals surface area contributed by atoms with Crippen LogP contribution in [-0.4, -0.2) is 28.1 Å². The lowest BCUT2D eigenvalue weighted by atomic mass is 10.1. The summed E-state index contributed by atoms with van der Waals surface area (Å²) in [7, 11) is -3.36. The van der Waals surface area contributed by atoms with E-state index in [0.29, 0.717) is 17.4 Å². The van der Waals surface area contributed by atoms with Gasteiger partial charge < -0.3 is 5.32 Å². The molecule has 0 radical (unpaired) electrons. The molecule has 0 aliphatic carbocycles. The number of nitrogens with one attached hydrogen (secondary N) is 2. The van der Waals surface area contributed by atoms with Gasteiger partial charge in [-0.2, -0.15) is 0 Å². The summed E-state index contributed by atoms with van der Waals surface area (Å²) in [5.74, 6) is 0.492. The smallest absolute Gasteiger partial charge is 0.240 e. The fourth-order valence-corrected chi connectivity index (χ4v) is 2.86. The molecule has 0 amide bonds. The van der Waals surface area contributed by atoms with Crippen molar-refractivity contribution in [3.05, 3.63) is 29.8 Å². The van der Waals surface area contributed by atoms with Crippen molar-refractivity contribution >= 4 is 10.0 Å². The summed E-state index contributed by atoms with van der Waals surface area (Å²) in [5, 5.41) is 3.25. The van der Waals surface area contributed by atoms with Crippen LogP contribution in [0.3, 0.4) is 0 Å². The molecule has 4 nitrogen and oxygen atoms in total. The van der Waals surface area contributed by atoms with Crippen LogP contribution in [0.2, 0.25) is 0 Å². The Morgan fingerprint density at radius 1 is 1.10 bits per heavy atom. The van der Waals surface area contributed by atoms with Crippen molar-refractivity contribution in [1.82, 2.24) is 10.0 Å². The maximum atomic E-state index is 12.1. The van der Waals surface area contributed by atoms with E-state index in [1.54, 1.807) is 12.1 Å². The van der Waals surface area contributed by atoms with Crippen molar-refractivity contribution in [3.8, 4) is 0 Å². The molecule has 1 aromatic rings. The normalized spacial score (nSPS) is 12.0. The minimum Gasteiger partial charge on any atom is -0.317 e. The Morgan fingerprint density at radius 3 is 2.30 bits per heavy atom. The van der Waals surface area contributed by atoms with E-state index in [9.17, 15) is 8.42 Å². The monoisotopic (exact) mass is 298 g/mol. The van der Waals surface area contributed by atoms with Crippen LogP contribution in [0.15, 0.2) is 29.2 Å². The second-order valence-corrected chi connectivity index (χ2v) is 7.09. The predicted octanol–water partition coefficient (Wildman–Crippen LogP) is 2.16. The molecule has 0 atom stereocenters. The van der Waals surface area contributed by atoms with E-state index in [1.807, 2.05) is 12.1 Å². The van der Waals surface area contributed by atoms with Gasteiger partial charge in [0.2, 0.25) is 10.0 Å². The first kappa shape index (κ1) is 17.1. The molecular formula is C15H26N2O2S. The Labute approximate surface area is 123 Å². The first-order valence-corrected chi connectivity index (χ1v) is 8.73. The van der Waals surface area contributed by atoms with Crippen LogP contribution in [0.5, 0.6) is 0 Å². The molecule has 0 saturated carbocycles. The predicted molar refractivity (Wildman–Crippen MR) is 83.3 cm³/mol. The standard InChI is InChI=1S/C15H26N2O2S/c1-4-16-11-10-14-5-7-15(8-6-14)20(18,19)17-12-9-13(2)3/h5-8,13,16-17H,4,9-12H2,1-3H3. The van der Waals surface area contributed by atoms with Gasteiger partial charge in [-0.3, -0.25) is 0 Å². The summed E-state index contributed by atoms with van der Waals surface area (Å²) in [6.45, 7) is 8.57. The molecule has 1 rings (SSSR count). The van der Waals surface area contributed by atoms with Crippen LogP contribution in [0, 0.1) is 5.92 Å². The minimum absolute atomic E-state index is 0.341. The van der Waals surface area contributed by atoms with Crippen molar-refractivity contribution in [3.63, 3.8) is 0 Å². The van der Waals surface area contributed by atoms with E-state index < -0.39 is 10.0 Å². The number of hydrogen-bond donors (Lipinski definition) is 2. The van der Waals surface area contributed by atoms with Gasteiger partial charge in [0.25, 0.3) is 0 Å². The maximum Gasteiger partial charge on any atom is 0.240 e. The van der Waals surface area contributed by atoms with Gasteiger partial charge in [-0.25, -0.2) is 13.1 Å². The topological polar surface area (TPSA) is 58.2 Å². The molecule has 20 heavy (non-hydrogen) atoms. The number of hydrogen-bond acceptors (Lipinski definition) is 3. The summed E-state index contributed by atoms with van der Waals surface area (Å²) in [6, 6.07) is 7.13. The Morgan fingerprint density at radius 2 is 1.75 bits per heavy atom. The van der Waals surface area contributed by atoms with Crippen LogP contribution in [0.1, 0.15) is 32.8 Å². The third-order valence-corrected chi connectivity index (χ3v) is 4.56. The molecule has 2 N–H and O–H groups in total. The van der Waals surface area contributed by atoms with Gasteiger partial charge in [-0.15, -0.1) is 0 Å². The zero-order valence-electron chi connectivity index (χ0n) is 12.6. The molecule has 5 heteroatoms. The van der Waals surface area contributed by atoms with E-state index in [4.69, 9.17) is 0 Å². The molecule has 0 spiro atoms. The average molecular weight is 298 g/mol. The van der Waals surface area contributed by atoms with Gasteiger partial charge in [-0.1, -0.05) is 32.9 Å². The number of likely N-dealkylation sites (N-methyl/N-ethyl adjacent to an activating group) is 1. The SMILES string of the molecule is CCNCCc1ccc(S(=O)(=O)NCCC(C)C)cc1. The number of sulfonamides is 1. The van der Waals surface area contributed by atoms with E-state index in [0.717, 1.165) is 31.5 Å². The second kappa shape index (κ2) is 8.39. The fourth-order valence-electron chi connectivity index (χ4n) is 1.81.